The number of imidazole rings is 1. The second-order valence-corrected chi connectivity index (χ2v) is 6.96. The summed E-state index contributed by atoms with van der Waals surface area (Å²) in [5.74, 6) is -0.0383. The van der Waals surface area contributed by atoms with Gasteiger partial charge in [-0.3, -0.25) is 9.59 Å². The predicted octanol–water partition coefficient (Wildman–Crippen LogP) is 3.49. The lowest BCUT2D eigenvalue weighted by atomic mass is 10.1. The number of anilines is 1. The molecule has 1 aromatic heterocycles. The normalized spacial score (nSPS) is 14.9. The maximum absolute atomic E-state index is 12.7. The van der Waals surface area contributed by atoms with Crippen molar-refractivity contribution in [3.63, 3.8) is 0 Å². The van der Waals surface area contributed by atoms with Gasteiger partial charge in [0.25, 0.3) is 5.91 Å². The molecular formula is C22H22N4O2. The highest BCUT2D eigenvalue weighted by atomic mass is 16.2. The topological polar surface area (TPSA) is 67.2 Å². The molecule has 0 aliphatic carbocycles. The van der Waals surface area contributed by atoms with Crippen molar-refractivity contribution in [2.24, 2.45) is 0 Å². The molecule has 6 nitrogen and oxygen atoms in total. The molecule has 3 aromatic rings. The molecule has 1 fully saturated rings. The average Bonchev–Trinajstić information content (AvgIpc) is 3.40. The van der Waals surface area contributed by atoms with Crippen LogP contribution in [0.1, 0.15) is 41.7 Å². The van der Waals surface area contributed by atoms with E-state index in [1.807, 2.05) is 54.1 Å². The van der Waals surface area contributed by atoms with Crippen molar-refractivity contribution in [2.45, 2.75) is 25.8 Å². The molecule has 28 heavy (non-hydrogen) atoms. The summed E-state index contributed by atoms with van der Waals surface area (Å²) in [4.78, 5) is 30.5. The maximum atomic E-state index is 12.7. The Hall–Kier alpha value is -3.41. The predicted molar refractivity (Wildman–Crippen MR) is 107 cm³/mol. The Labute approximate surface area is 163 Å². The van der Waals surface area contributed by atoms with Gasteiger partial charge >= 0.3 is 0 Å². The number of carbonyl (C=O) groups is 2. The highest BCUT2D eigenvalue weighted by molar-refractivity contribution is 5.99. The van der Waals surface area contributed by atoms with Crippen LogP contribution < -0.4 is 10.2 Å². The molecule has 1 N–H and O–H groups in total. The van der Waals surface area contributed by atoms with E-state index in [0.717, 1.165) is 23.4 Å². The van der Waals surface area contributed by atoms with Crippen LogP contribution in [0.15, 0.2) is 67.3 Å². The molecule has 1 saturated heterocycles. The van der Waals surface area contributed by atoms with E-state index >= 15 is 0 Å². The summed E-state index contributed by atoms with van der Waals surface area (Å²) in [6.45, 7) is 2.67. The first-order chi connectivity index (χ1) is 13.6. The van der Waals surface area contributed by atoms with Crippen LogP contribution in [0, 0.1) is 0 Å². The standard InChI is InChI=1S/C22H22N4O2/c1-16(17-7-9-19(10-8-17)25-13-11-23-15-25)24-22(28)18-4-2-5-20(14-18)26-12-3-6-21(26)27/h2,4-5,7-11,13-16H,3,6,12H2,1H3,(H,24,28)/t16-/m1/s1. The van der Waals surface area contributed by atoms with Gasteiger partial charge in [-0.05, 0) is 49.2 Å². The van der Waals surface area contributed by atoms with Crippen LogP contribution in [-0.2, 0) is 4.79 Å². The lowest BCUT2D eigenvalue weighted by Gasteiger charge is -2.18. The number of rotatable bonds is 5. The SMILES string of the molecule is C[C@@H](NC(=O)c1cccc(N2CCCC2=O)c1)c1ccc(-n2ccnc2)cc1. The van der Waals surface area contributed by atoms with Gasteiger partial charge in [-0.1, -0.05) is 18.2 Å². The van der Waals surface area contributed by atoms with Crippen LogP contribution in [0.5, 0.6) is 0 Å². The third-order valence-electron chi connectivity index (χ3n) is 5.04. The Kier molecular flexibility index (Phi) is 4.93. The summed E-state index contributed by atoms with van der Waals surface area (Å²) >= 11 is 0. The first-order valence-corrected chi connectivity index (χ1v) is 9.41. The van der Waals surface area contributed by atoms with Crippen molar-refractivity contribution >= 4 is 17.5 Å². The third-order valence-corrected chi connectivity index (χ3v) is 5.04. The Morgan fingerprint density at radius 2 is 1.96 bits per heavy atom. The van der Waals surface area contributed by atoms with E-state index in [1.54, 1.807) is 29.6 Å². The summed E-state index contributed by atoms with van der Waals surface area (Å²) < 4.78 is 1.93. The first-order valence-electron chi connectivity index (χ1n) is 9.41. The van der Waals surface area contributed by atoms with Crippen LogP contribution in [0.25, 0.3) is 5.69 Å². The minimum absolute atomic E-state index is 0.115. The van der Waals surface area contributed by atoms with E-state index in [4.69, 9.17) is 0 Å². The van der Waals surface area contributed by atoms with Crippen LogP contribution in [0.2, 0.25) is 0 Å². The zero-order valence-corrected chi connectivity index (χ0v) is 15.7. The molecule has 0 spiro atoms. The number of hydrogen-bond acceptors (Lipinski definition) is 3. The monoisotopic (exact) mass is 374 g/mol. The molecule has 0 radical (unpaired) electrons. The van der Waals surface area contributed by atoms with Gasteiger partial charge in [-0.25, -0.2) is 4.98 Å². The molecule has 1 aliphatic rings. The molecule has 6 heteroatoms. The summed E-state index contributed by atoms with van der Waals surface area (Å²) in [5.41, 5.74) is 3.37. The number of nitrogens with zero attached hydrogens (tertiary/aromatic N) is 3. The second-order valence-electron chi connectivity index (χ2n) is 6.96. The van der Waals surface area contributed by atoms with Gasteiger partial charge in [0.15, 0.2) is 0 Å². The third kappa shape index (κ3) is 3.67. The fourth-order valence-electron chi connectivity index (χ4n) is 3.45. The second kappa shape index (κ2) is 7.68. The molecule has 142 valence electrons. The van der Waals surface area contributed by atoms with E-state index in [2.05, 4.69) is 10.3 Å². The minimum atomic E-state index is -0.153. The molecule has 4 rings (SSSR count). The van der Waals surface area contributed by atoms with Crippen molar-refractivity contribution in [1.29, 1.82) is 0 Å². The zero-order valence-electron chi connectivity index (χ0n) is 15.7. The Bertz CT molecular complexity index is 980. The fourth-order valence-corrected chi connectivity index (χ4v) is 3.45. The molecule has 2 aromatic carbocycles. The lowest BCUT2D eigenvalue weighted by Crippen LogP contribution is -2.27. The van der Waals surface area contributed by atoms with Gasteiger partial charge in [0.05, 0.1) is 12.4 Å². The lowest BCUT2D eigenvalue weighted by molar-refractivity contribution is -0.117. The van der Waals surface area contributed by atoms with Crippen molar-refractivity contribution in [3.8, 4) is 5.69 Å². The Morgan fingerprint density at radius 3 is 2.64 bits per heavy atom. The number of nitrogens with one attached hydrogen (secondary N) is 1. The van der Waals surface area contributed by atoms with Crippen molar-refractivity contribution in [3.05, 3.63) is 78.4 Å². The van der Waals surface area contributed by atoms with Crippen molar-refractivity contribution in [1.82, 2.24) is 14.9 Å². The minimum Gasteiger partial charge on any atom is -0.346 e. The Morgan fingerprint density at radius 1 is 1.14 bits per heavy atom. The van der Waals surface area contributed by atoms with Gasteiger partial charge in [0.1, 0.15) is 0 Å². The Balaban J connectivity index is 1.45. The van der Waals surface area contributed by atoms with Crippen LogP contribution in [0.4, 0.5) is 5.69 Å². The first kappa shape index (κ1) is 18.0. The number of aromatic nitrogens is 2. The smallest absolute Gasteiger partial charge is 0.251 e. The number of hydrogen-bond donors (Lipinski definition) is 1. The molecule has 0 saturated carbocycles. The highest BCUT2D eigenvalue weighted by Gasteiger charge is 2.22. The average molecular weight is 374 g/mol. The summed E-state index contributed by atoms with van der Waals surface area (Å²) in [7, 11) is 0. The number of benzene rings is 2. The number of carbonyl (C=O) groups excluding carboxylic acids is 2. The van der Waals surface area contributed by atoms with Gasteiger partial charge in [0, 0.05) is 42.3 Å². The zero-order chi connectivity index (χ0) is 19.5. The van der Waals surface area contributed by atoms with Crippen molar-refractivity contribution < 1.29 is 9.59 Å². The molecule has 1 aliphatic heterocycles. The fraction of sp³-hybridized carbons (Fsp3) is 0.227. The van der Waals surface area contributed by atoms with Gasteiger partial charge in [-0.15, -0.1) is 0 Å². The molecule has 0 unspecified atom stereocenters. The van der Waals surface area contributed by atoms with E-state index < -0.39 is 0 Å². The van der Waals surface area contributed by atoms with Crippen molar-refractivity contribution in [2.75, 3.05) is 11.4 Å². The highest BCUT2D eigenvalue weighted by Crippen LogP contribution is 2.23. The molecule has 2 amide bonds. The summed E-state index contributed by atoms with van der Waals surface area (Å²) in [6, 6.07) is 15.1. The van der Waals surface area contributed by atoms with E-state index in [-0.39, 0.29) is 17.9 Å². The van der Waals surface area contributed by atoms with E-state index in [0.29, 0.717) is 18.5 Å². The molecule has 2 heterocycles. The van der Waals surface area contributed by atoms with Crippen LogP contribution in [0.3, 0.4) is 0 Å². The maximum Gasteiger partial charge on any atom is 0.251 e. The van der Waals surface area contributed by atoms with Gasteiger partial charge < -0.3 is 14.8 Å². The molecular weight excluding hydrogens is 352 g/mol. The van der Waals surface area contributed by atoms with Gasteiger partial charge in [-0.2, -0.15) is 0 Å². The van der Waals surface area contributed by atoms with E-state index in [1.165, 1.54) is 0 Å². The molecule has 0 bridgehead atoms. The van der Waals surface area contributed by atoms with E-state index in [9.17, 15) is 9.59 Å². The molecule has 1 atom stereocenters. The summed E-state index contributed by atoms with van der Waals surface area (Å²) in [5, 5.41) is 3.03. The largest absolute Gasteiger partial charge is 0.346 e. The van der Waals surface area contributed by atoms with Crippen LogP contribution in [-0.4, -0.2) is 27.9 Å². The van der Waals surface area contributed by atoms with Gasteiger partial charge in [0.2, 0.25) is 5.91 Å². The summed E-state index contributed by atoms with van der Waals surface area (Å²) in [6.07, 6.45) is 6.81. The van der Waals surface area contributed by atoms with Crippen LogP contribution >= 0.6 is 0 Å². The quantitative estimate of drug-likeness (QED) is 0.743. The number of amides is 2.